The number of anilines is 1. The molecule has 4 rings (SSSR count). The summed E-state index contributed by atoms with van der Waals surface area (Å²) in [6.45, 7) is 1.78. The van der Waals surface area contributed by atoms with Gasteiger partial charge < -0.3 is 8.83 Å². The van der Waals surface area contributed by atoms with E-state index in [1.807, 2.05) is 0 Å². The molecule has 3 heterocycles. The first-order valence-electron chi connectivity index (χ1n) is 6.68. The molecule has 0 fully saturated rings. The molecule has 1 aromatic carbocycles. The Labute approximate surface area is 132 Å². The van der Waals surface area contributed by atoms with Crippen molar-refractivity contribution in [1.29, 1.82) is 0 Å². The van der Waals surface area contributed by atoms with E-state index in [1.54, 1.807) is 31.2 Å². The van der Waals surface area contributed by atoms with Crippen LogP contribution in [0.15, 0.2) is 44.0 Å². The van der Waals surface area contributed by atoms with Crippen molar-refractivity contribution in [3.8, 4) is 0 Å². The standard InChI is InChI=1S/C15H9N3O4S/c1-7-17-18-15(23-7)16-13(20)11-6-9-12(19)8-4-2-3-5-10(8)21-14(9)22-11/h2-6H,1H3,(H,16,18,20). The van der Waals surface area contributed by atoms with Crippen molar-refractivity contribution in [2.75, 3.05) is 5.32 Å². The minimum absolute atomic E-state index is 0.0206. The van der Waals surface area contributed by atoms with Crippen LogP contribution in [0.25, 0.3) is 22.1 Å². The SMILES string of the molecule is Cc1nnc(NC(=O)c2cc3c(=O)c4ccccc4oc3o2)s1. The zero-order chi connectivity index (χ0) is 16.0. The lowest BCUT2D eigenvalue weighted by atomic mass is 10.2. The zero-order valence-electron chi connectivity index (χ0n) is 11.8. The number of carbonyl (C=O) groups is 1. The van der Waals surface area contributed by atoms with Crippen LogP contribution in [-0.4, -0.2) is 16.1 Å². The van der Waals surface area contributed by atoms with Crippen molar-refractivity contribution in [3.63, 3.8) is 0 Å². The van der Waals surface area contributed by atoms with E-state index in [-0.39, 0.29) is 22.4 Å². The van der Waals surface area contributed by atoms with Gasteiger partial charge in [0.05, 0.1) is 5.39 Å². The predicted octanol–water partition coefficient (Wildman–Crippen LogP) is 2.95. The number of benzene rings is 1. The van der Waals surface area contributed by atoms with Gasteiger partial charge in [-0.05, 0) is 19.1 Å². The van der Waals surface area contributed by atoms with Gasteiger partial charge in [0.15, 0.2) is 5.76 Å². The Hall–Kier alpha value is -3.00. The van der Waals surface area contributed by atoms with Crippen molar-refractivity contribution in [3.05, 3.63) is 51.3 Å². The van der Waals surface area contributed by atoms with Gasteiger partial charge in [-0.2, -0.15) is 0 Å². The highest BCUT2D eigenvalue weighted by molar-refractivity contribution is 7.15. The van der Waals surface area contributed by atoms with E-state index >= 15 is 0 Å². The second-order valence-corrected chi connectivity index (χ2v) is 6.00. The first-order valence-corrected chi connectivity index (χ1v) is 7.50. The summed E-state index contributed by atoms with van der Waals surface area (Å²) < 4.78 is 10.9. The van der Waals surface area contributed by atoms with E-state index in [0.717, 1.165) is 5.01 Å². The summed E-state index contributed by atoms with van der Waals surface area (Å²) in [6, 6.07) is 8.21. The van der Waals surface area contributed by atoms with Crippen molar-refractivity contribution >= 4 is 44.5 Å². The lowest BCUT2D eigenvalue weighted by Gasteiger charge is -1.95. The summed E-state index contributed by atoms with van der Waals surface area (Å²) in [5, 5.41) is 11.9. The lowest BCUT2D eigenvalue weighted by Crippen LogP contribution is -2.10. The van der Waals surface area contributed by atoms with Gasteiger partial charge in [0, 0.05) is 6.07 Å². The van der Waals surface area contributed by atoms with E-state index in [9.17, 15) is 9.59 Å². The lowest BCUT2D eigenvalue weighted by molar-refractivity contribution is 0.0997. The molecule has 0 aliphatic rings. The highest BCUT2D eigenvalue weighted by atomic mass is 32.1. The minimum atomic E-state index is -0.518. The molecule has 1 amide bonds. The Kier molecular flexibility index (Phi) is 2.98. The molecule has 114 valence electrons. The third-order valence-electron chi connectivity index (χ3n) is 3.25. The fourth-order valence-electron chi connectivity index (χ4n) is 2.21. The molecule has 0 bridgehead atoms. The van der Waals surface area contributed by atoms with E-state index in [0.29, 0.717) is 16.1 Å². The van der Waals surface area contributed by atoms with Crippen LogP contribution in [-0.2, 0) is 0 Å². The van der Waals surface area contributed by atoms with Crippen LogP contribution in [0.5, 0.6) is 0 Å². The quantitative estimate of drug-likeness (QED) is 0.608. The number of nitrogens with one attached hydrogen (secondary N) is 1. The predicted molar refractivity (Wildman–Crippen MR) is 84.9 cm³/mol. The molecule has 0 saturated heterocycles. The topological polar surface area (TPSA) is 98.2 Å². The third-order valence-corrected chi connectivity index (χ3v) is 4.00. The number of amides is 1. The number of rotatable bonds is 2. The van der Waals surface area contributed by atoms with Crippen molar-refractivity contribution < 1.29 is 13.6 Å². The number of aryl methyl sites for hydroxylation is 1. The van der Waals surface area contributed by atoms with Gasteiger partial charge in [-0.25, -0.2) is 0 Å². The zero-order valence-corrected chi connectivity index (χ0v) is 12.6. The Balaban J connectivity index is 1.79. The number of fused-ring (bicyclic) bond motifs is 2. The number of para-hydroxylation sites is 1. The van der Waals surface area contributed by atoms with Gasteiger partial charge in [0.2, 0.25) is 10.6 Å². The molecular weight excluding hydrogens is 318 g/mol. The second-order valence-electron chi connectivity index (χ2n) is 4.82. The molecule has 0 aliphatic heterocycles. The van der Waals surface area contributed by atoms with Gasteiger partial charge in [0.25, 0.3) is 5.91 Å². The van der Waals surface area contributed by atoms with Crippen LogP contribution in [0.3, 0.4) is 0 Å². The van der Waals surface area contributed by atoms with Crippen molar-refractivity contribution in [2.45, 2.75) is 6.92 Å². The summed E-state index contributed by atoms with van der Waals surface area (Å²) in [7, 11) is 0. The maximum atomic E-state index is 12.4. The molecule has 0 aliphatic carbocycles. The third kappa shape index (κ3) is 2.29. The van der Waals surface area contributed by atoms with E-state index in [4.69, 9.17) is 8.83 Å². The Morgan fingerprint density at radius 3 is 2.78 bits per heavy atom. The fraction of sp³-hybridized carbons (Fsp3) is 0.0667. The van der Waals surface area contributed by atoms with E-state index in [1.165, 1.54) is 17.4 Å². The molecule has 23 heavy (non-hydrogen) atoms. The van der Waals surface area contributed by atoms with Gasteiger partial charge in [0.1, 0.15) is 16.0 Å². The molecule has 0 saturated carbocycles. The normalized spacial score (nSPS) is 11.2. The number of hydrogen-bond donors (Lipinski definition) is 1. The average molecular weight is 327 g/mol. The molecule has 4 aromatic rings. The molecule has 1 N–H and O–H groups in total. The molecule has 0 radical (unpaired) electrons. The van der Waals surface area contributed by atoms with Crippen molar-refractivity contribution in [1.82, 2.24) is 10.2 Å². The Bertz CT molecular complexity index is 1110. The highest BCUT2D eigenvalue weighted by Gasteiger charge is 2.18. The molecular formula is C15H9N3O4S. The Morgan fingerprint density at radius 2 is 2.00 bits per heavy atom. The van der Waals surface area contributed by atoms with Crippen LogP contribution < -0.4 is 10.7 Å². The smallest absolute Gasteiger partial charge is 0.302 e. The number of nitrogens with zero attached hydrogens (tertiary/aromatic N) is 2. The van der Waals surface area contributed by atoms with Gasteiger partial charge >= 0.3 is 5.78 Å². The van der Waals surface area contributed by atoms with Gasteiger partial charge in [-0.3, -0.25) is 14.9 Å². The number of carbonyl (C=O) groups excluding carboxylic acids is 1. The molecule has 3 aromatic heterocycles. The van der Waals surface area contributed by atoms with Crippen LogP contribution >= 0.6 is 11.3 Å². The summed E-state index contributed by atoms with van der Waals surface area (Å²) in [5.41, 5.74) is 0.169. The first-order chi connectivity index (χ1) is 11.1. The van der Waals surface area contributed by atoms with Crippen LogP contribution in [0.4, 0.5) is 5.13 Å². The first kappa shape index (κ1) is 13.6. The van der Waals surface area contributed by atoms with E-state index in [2.05, 4.69) is 15.5 Å². The monoisotopic (exact) mass is 327 g/mol. The number of furan rings is 1. The van der Waals surface area contributed by atoms with Crippen LogP contribution in [0, 0.1) is 6.92 Å². The fourth-order valence-corrected chi connectivity index (χ4v) is 2.80. The van der Waals surface area contributed by atoms with Gasteiger partial charge in [-0.15, -0.1) is 10.2 Å². The number of aromatic nitrogens is 2. The molecule has 0 spiro atoms. The maximum absolute atomic E-state index is 12.4. The van der Waals surface area contributed by atoms with E-state index < -0.39 is 5.91 Å². The summed E-state index contributed by atoms with van der Waals surface area (Å²) >= 11 is 1.24. The largest absolute Gasteiger partial charge is 0.425 e. The summed E-state index contributed by atoms with van der Waals surface area (Å²) in [4.78, 5) is 24.6. The minimum Gasteiger partial charge on any atom is -0.425 e. The molecule has 0 atom stereocenters. The summed E-state index contributed by atoms with van der Waals surface area (Å²) in [5.74, 6) is -0.521. The average Bonchev–Trinajstić information content (AvgIpc) is 3.14. The molecule has 8 heteroatoms. The second kappa shape index (κ2) is 5.03. The maximum Gasteiger partial charge on any atom is 0.302 e. The van der Waals surface area contributed by atoms with Gasteiger partial charge in [-0.1, -0.05) is 23.5 Å². The number of hydrogen-bond acceptors (Lipinski definition) is 7. The molecule has 7 nitrogen and oxygen atoms in total. The molecule has 0 unspecified atom stereocenters. The van der Waals surface area contributed by atoms with Crippen molar-refractivity contribution in [2.24, 2.45) is 0 Å². The van der Waals surface area contributed by atoms with Crippen LogP contribution in [0.1, 0.15) is 15.6 Å². The summed E-state index contributed by atoms with van der Waals surface area (Å²) in [6.07, 6.45) is 0. The Morgan fingerprint density at radius 1 is 1.17 bits per heavy atom. The highest BCUT2D eigenvalue weighted by Crippen LogP contribution is 2.23. The van der Waals surface area contributed by atoms with Crippen LogP contribution in [0.2, 0.25) is 0 Å².